The van der Waals surface area contributed by atoms with E-state index in [4.69, 9.17) is 17.3 Å². The molecule has 0 aromatic heterocycles. The second-order valence-corrected chi connectivity index (χ2v) is 9.89. The molecule has 1 aliphatic carbocycles. The van der Waals surface area contributed by atoms with Crippen molar-refractivity contribution in [1.82, 2.24) is 0 Å². The first-order valence-corrected chi connectivity index (χ1v) is 11.9. The summed E-state index contributed by atoms with van der Waals surface area (Å²) in [5, 5.41) is 1.09. The third-order valence-electron chi connectivity index (χ3n) is 5.48. The number of halogens is 7. The van der Waals surface area contributed by atoms with E-state index in [1.165, 1.54) is 0 Å². The van der Waals surface area contributed by atoms with Crippen LogP contribution in [0.4, 0.5) is 26.3 Å². The van der Waals surface area contributed by atoms with Crippen molar-refractivity contribution in [2.45, 2.75) is 25.2 Å². The zero-order valence-corrected chi connectivity index (χ0v) is 21.0. The molecule has 0 amide bonds. The van der Waals surface area contributed by atoms with E-state index in [9.17, 15) is 26.3 Å². The molecule has 0 bridgehead atoms. The van der Waals surface area contributed by atoms with E-state index >= 15 is 0 Å². The van der Waals surface area contributed by atoms with Crippen LogP contribution in [-0.2, 0) is 25.5 Å². The molecule has 9 heteroatoms. The van der Waals surface area contributed by atoms with Crippen molar-refractivity contribution in [2.75, 3.05) is 0 Å². The molecule has 3 aromatic carbocycles. The van der Waals surface area contributed by atoms with Gasteiger partial charge in [0.2, 0.25) is 0 Å². The van der Waals surface area contributed by atoms with Gasteiger partial charge in [0.1, 0.15) is 0 Å². The van der Waals surface area contributed by atoms with Crippen LogP contribution in [0.5, 0.6) is 0 Å². The maximum absolute atomic E-state index is 14.0. The van der Waals surface area contributed by atoms with Crippen LogP contribution in [-0.4, -0.2) is 10.1 Å². The molecule has 2 N–H and O–H groups in total. The fourth-order valence-corrected chi connectivity index (χ4v) is 5.02. The summed E-state index contributed by atoms with van der Waals surface area (Å²) in [6.07, 6.45) is -6.98. The molecule has 0 atom stereocenters. The van der Waals surface area contributed by atoms with Crippen molar-refractivity contribution in [3.05, 3.63) is 93.5 Å². The Morgan fingerprint density at radius 1 is 0.882 bits per heavy atom. The molecule has 1 nitrogen and oxygen atoms in total. The van der Waals surface area contributed by atoms with Crippen LogP contribution in [0.1, 0.15) is 35.1 Å². The van der Waals surface area contributed by atoms with Gasteiger partial charge < -0.3 is 0 Å². The van der Waals surface area contributed by atoms with Crippen LogP contribution in [0.25, 0.3) is 22.0 Å². The number of rotatable bonds is 4. The molecule has 1 aliphatic rings. The Hall–Kier alpha value is -2.37. The standard InChI is InChI=1S/C25H16ClF6N.W/c26-18-12-16(11-17(13-18)24(27,28)29)22(25(30,31)32)10-8-14-7-9-21(23(33)15-5-6-15)20-4-2-1-3-19(14)20;/h1-4,7,9-13H,5-6,33H2;/b22-10-;. The molecule has 34 heavy (non-hydrogen) atoms. The number of hydrogen-bond acceptors (Lipinski definition) is 1. The van der Waals surface area contributed by atoms with Gasteiger partial charge in [-0.05, 0) is 0 Å². The van der Waals surface area contributed by atoms with Crippen molar-refractivity contribution < 1.29 is 45.7 Å². The molecule has 0 radical (unpaired) electrons. The van der Waals surface area contributed by atoms with Crippen LogP contribution in [0, 0.1) is 0 Å². The summed E-state index contributed by atoms with van der Waals surface area (Å²) < 4.78 is 81.9. The topological polar surface area (TPSA) is 26.0 Å². The van der Waals surface area contributed by atoms with Gasteiger partial charge in [0.15, 0.2) is 0 Å². The van der Waals surface area contributed by atoms with E-state index in [2.05, 4.69) is 0 Å². The van der Waals surface area contributed by atoms with Gasteiger partial charge in [-0.15, -0.1) is 0 Å². The fraction of sp³-hybridized carbons (Fsp3) is 0.160. The third kappa shape index (κ3) is 5.16. The normalized spacial score (nSPS) is 14.4. The van der Waals surface area contributed by atoms with Gasteiger partial charge >= 0.3 is 208 Å². The summed E-state index contributed by atoms with van der Waals surface area (Å²) in [4.78, 5) is 0. The quantitative estimate of drug-likeness (QED) is 0.285. The number of hydrogen-bond donors (Lipinski definition) is 1. The number of benzene rings is 3. The van der Waals surface area contributed by atoms with Crippen LogP contribution < -0.4 is 5.73 Å². The molecular weight excluding hydrogens is 648 g/mol. The molecule has 0 aliphatic heterocycles. The monoisotopic (exact) mass is 663 g/mol. The van der Waals surface area contributed by atoms with Gasteiger partial charge in [-0.3, -0.25) is 0 Å². The van der Waals surface area contributed by atoms with Gasteiger partial charge in [-0.1, -0.05) is 0 Å². The molecular formula is C25H16ClF6NW. The van der Waals surface area contributed by atoms with Crippen molar-refractivity contribution in [3.63, 3.8) is 0 Å². The first kappa shape index (κ1) is 24.7. The first-order valence-electron chi connectivity index (χ1n) is 10.1. The van der Waals surface area contributed by atoms with Crippen molar-refractivity contribution >= 4 is 37.5 Å². The molecule has 0 unspecified atom stereocenters. The summed E-state index contributed by atoms with van der Waals surface area (Å²) in [5.41, 5.74) is 6.40. The molecule has 1 saturated carbocycles. The first-order chi connectivity index (χ1) is 15.9. The Balaban J connectivity index is 1.86. The number of fused-ring (bicyclic) bond motifs is 1. The zero-order valence-electron chi connectivity index (χ0n) is 17.3. The van der Waals surface area contributed by atoms with E-state index in [0.29, 0.717) is 32.7 Å². The van der Waals surface area contributed by atoms with Gasteiger partial charge in [0, 0.05) is 0 Å². The minimum absolute atomic E-state index is 0.321. The average Bonchev–Trinajstić information content (AvgIpc) is 3.59. The van der Waals surface area contributed by atoms with Crippen LogP contribution in [0.3, 0.4) is 0 Å². The van der Waals surface area contributed by atoms with Gasteiger partial charge in [-0.25, -0.2) is 0 Å². The number of nitrogens with two attached hydrogens (primary N) is 1. The van der Waals surface area contributed by atoms with Crippen molar-refractivity contribution in [1.29, 1.82) is 0 Å². The Labute approximate surface area is 207 Å². The number of alkyl halides is 6. The predicted molar refractivity (Wildman–Crippen MR) is 119 cm³/mol. The molecule has 0 spiro atoms. The second-order valence-electron chi connectivity index (χ2n) is 7.87. The van der Waals surface area contributed by atoms with Gasteiger partial charge in [-0.2, -0.15) is 0 Å². The van der Waals surface area contributed by atoms with Crippen molar-refractivity contribution in [3.8, 4) is 0 Å². The summed E-state index contributed by atoms with van der Waals surface area (Å²) in [7, 11) is 0. The van der Waals surface area contributed by atoms with Crippen LogP contribution in [0.2, 0.25) is 5.02 Å². The molecule has 176 valence electrons. The SMILES string of the molecule is NC(=C1CC1)c1ccc([C](=[W])/C=C(/c2cc(Cl)cc(C(F)(F)F)c2)C(F)(F)F)c2ccccc12. The summed E-state index contributed by atoms with van der Waals surface area (Å²) in [6, 6.07) is 12.7. The maximum atomic E-state index is 14.0. The molecule has 0 heterocycles. The van der Waals surface area contributed by atoms with Crippen LogP contribution in [0.15, 0.2) is 66.2 Å². The van der Waals surface area contributed by atoms with Gasteiger partial charge in [0.25, 0.3) is 0 Å². The average molecular weight is 664 g/mol. The molecule has 4 rings (SSSR count). The van der Waals surface area contributed by atoms with E-state index in [1.54, 1.807) is 24.3 Å². The Morgan fingerprint density at radius 3 is 2.03 bits per heavy atom. The molecule has 3 aromatic rings. The van der Waals surface area contributed by atoms with Gasteiger partial charge in [0.05, 0.1) is 0 Å². The third-order valence-corrected chi connectivity index (χ3v) is 6.91. The van der Waals surface area contributed by atoms with Crippen LogP contribution >= 0.6 is 11.6 Å². The summed E-state index contributed by atoms with van der Waals surface area (Å²) in [6.45, 7) is 0. The predicted octanol–water partition coefficient (Wildman–Crippen LogP) is 7.69. The Bertz CT molecular complexity index is 1360. The van der Waals surface area contributed by atoms with E-state index < -0.39 is 34.1 Å². The Morgan fingerprint density at radius 2 is 1.47 bits per heavy atom. The van der Waals surface area contributed by atoms with Crippen molar-refractivity contribution in [2.24, 2.45) is 5.73 Å². The van der Waals surface area contributed by atoms with E-state index in [1.807, 2.05) is 12.1 Å². The van der Waals surface area contributed by atoms with E-state index in [-0.39, 0.29) is 0 Å². The van der Waals surface area contributed by atoms with E-state index in [0.717, 1.165) is 60.9 Å². The molecule has 0 saturated heterocycles. The zero-order chi connectivity index (χ0) is 24.8. The summed E-state index contributed by atoms with van der Waals surface area (Å²) >= 11 is 6.47. The number of allylic oxidation sites excluding steroid dienone is 3. The Kier molecular flexibility index (Phi) is 6.56. The fourth-order valence-electron chi connectivity index (χ4n) is 3.72. The minimum atomic E-state index is -4.90. The summed E-state index contributed by atoms with van der Waals surface area (Å²) in [5.74, 6) is 0. The second kappa shape index (κ2) is 9.01. The molecule has 1 fully saturated rings.